The summed E-state index contributed by atoms with van der Waals surface area (Å²) < 4.78 is 0. The third kappa shape index (κ3) is 2.62. The number of phenolic OH excluding ortho intramolecular Hbond substituents is 1. The number of hydrogen-bond acceptors (Lipinski definition) is 3. The SMILES string of the molecule is CCNC(=O)c1ccc(O)c(N=[N+]=[N-])c1. The normalized spacial score (nSPS) is 9.13. The highest BCUT2D eigenvalue weighted by Crippen LogP contribution is 2.27. The summed E-state index contributed by atoms with van der Waals surface area (Å²) in [6.45, 7) is 2.31. The Balaban J connectivity index is 3.07. The van der Waals surface area contributed by atoms with Gasteiger partial charge in [-0.25, -0.2) is 0 Å². The number of benzene rings is 1. The van der Waals surface area contributed by atoms with Gasteiger partial charge in [-0.2, -0.15) is 0 Å². The molecule has 0 saturated heterocycles. The van der Waals surface area contributed by atoms with Crippen LogP contribution in [-0.4, -0.2) is 17.6 Å². The molecule has 2 N–H and O–H groups in total. The fourth-order valence-electron chi connectivity index (χ4n) is 1.06. The Kier molecular flexibility index (Phi) is 3.54. The van der Waals surface area contributed by atoms with Gasteiger partial charge in [0.05, 0.1) is 5.69 Å². The van der Waals surface area contributed by atoms with Crippen LogP contribution in [0.25, 0.3) is 10.4 Å². The minimum Gasteiger partial charge on any atom is -0.507 e. The maximum absolute atomic E-state index is 11.4. The summed E-state index contributed by atoms with van der Waals surface area (Å²) in [5.74, 6) is -0.423. The highest BCUT2D eigenvalue weighted by Gasteiger charge is 2.06. The number of phenols is 1. The number of nitrogens with one attached hydrogen (secondary N) is 1. The topological polar surface area (TPSA) is 98.1 Å². The molecule has 1 aromatic carbocycles. The zero-order valence-corrected chi connectivity index (χ0v) is 8.14. The van der Waals surface area contributed by atoms with Crippen LogP contribution in [0.4, 0.5) is 5.69 Å². The van der Waals surface area contributed by atoms with E-state index in [9.17, 15) is 9.90 Å². The first-order chi connectivity index (χ1) is 7.19. The molecule has 0 radical (unpaired) electrons. The lowest BCUT2D eigenvalue weighted by molar-refractivity contribution is 0.0956. The van der Waals surface area contributed by atoms with E-state index in [1.165, 1.54) is 18.2 Å². The Hall–Kier alpha value is -2.20. The highest BCUT2D eigenvalue weighted by molar-refractivity contribution is 5.95. The van der Waals surface area contributed by atoms with Crippen molar-refractivity contribution in [3.8, 4) is 5.75 Å². The molecule has 15 heavy (non-hydrogen) atoms. The summed E-state index contributed by atoms with van der Waals surface area (Å²) in [7, 11) is 0. The first-order valence-electron chi connectivity index (χ1n) is 4.35. The molecule has 0 unspecified atom stereocenters. The number of carbonyl (C=O) groups is 1. The lowest BCUT2D eigenvalue weighted by Gasteiger charge is -2.03. The Morgan fingerprint density at radius 3 is 3.00 bits per heavy atom. The van der Waals surface area contributed by atoms with E-state index in [0.717, 1.165) is 0 Å². The van der Waals surface area contributed by atoms with Gasteiger partial charge in [0, 0.05) is 17.0 Å². The smallest absolute Gasteiger partial charge is 0.251 e. The van der Waals surface area contributed by atoms with Crippen LogP contribution in [0.1, 0.15) is 17.3 Å². The van der Waals surface area contributed by atoms with E-state index in [-0.39, 0.29) is 17.3 Å². The summed E-state index contributed by atoms with van der Waals surface area (Å²) in [6, 6.07) is 4.10. The van der Waals surface area contributed by atoms with Gasteiger partial charge >= 0.3 is 0 Å². The average molecular weight is 206 g/mol. The molecule has 0 aliphatic carbocycles. The van der Waals surface area contributed by atoms with Gasteiger partial charge in [-0.1, -0.05) is 5.11 Å². The predicted molar refractivity (Wildman–Crippen MR) is 54.9 cm³/mol. The molecular formula is C9H10N4O2. The molecule has 6 heteroatoms. The quantitative estimate of drug-likeness (QED) is 0.449. The fourth-order valence-corrected chi connectivity index (χ4v) is 1.06. The summed E-state index contributed by atoms with van der Waals surface area (Å²) >= 11 is 0. The largest absolute Gasteiger partial charge is 0.507 e. The Morgan fingerprint density at radius 2 is 2.40 bits per heavy atom. The summed E-state index contributed by atoms with van der Waals surface area (Å²) in [4.78, 5) is 13.9. The van der Waals surface area contributed by atoms with Crippen LogP contribution in [-0.2, 0) is 0 Å². The van der Waals surface area contributed by atoms with Crippen molar-refractivity contribution in [2.45, 2.75) is 6.92 Å². The zero-order chi connectivity index (χ0) is 11.3. The Morgan fingerprint density at radius 1 is 1.67 bits per heavy atom. The first kappa shape index (κ1) is 10.9. The monoisotopic (exact) mass is 206 g/mol. The van der Waals surface area contributed by atoms with E-state index in [1.54, 1.807) is 6.92 Å². The molecule has 0 fully saturated rings. The van der Waals surface area contributed by atoms with Crippen molar-refractivity contribution in [1.29, 1.82) is 0 Å². The van der Waals surface area contributed by atoms with Gasteiger partial charge in [-0.15, -0.1) is 0 Å². The van der Waals surface area contributed by atoms with Crippen molar-refractivity contribution >= 4 is 11.6 Å². The lowest BCUT2D eigenvalue weighted by atomic mass is 10.2. The molecule has 0 atom stereocenters. The molecule has 1 amide bonds. The zero-order valence-electron chi connectivity index (χ0n) is 8.14. The summed E-state index contributed by atoms with van der Waals surface area (Å²) in [5, 5.41) is 15.1. The number of azide groups is 1. The van der Waals surface area contributed by atoms with Crippen molar-refractivity contribution < 1.29 is 9.90 Å². The van der Waals surface area contributed by atoms with Crippen LogP contribution < -0.4 is 5.32 Å². The molecule has 0 spiro atoms. The van der Waals surface area contributed by atoms with E-state index in [1.807, 2.05) is 0 Å². The predicted octanol–water partition coefficient (Wildman–Crippen LogP) is 2.08. The second-order valence-electron chi connectivity index (χ2n) is 2.75. The number of nitrogens with zero attached hydrogens (tertiary/aromatic N) is 3. The molecule has 0 bridgehead atoms. The third-order valence-corrected chi connectivity index (χ3v) is 1.73. The lowest BCUT2D eigenvalue weighted by Crippen LogP contribution is -2.22. The number of aromatic hydroxyl groups is 1. The number of carbonyl (C=O) groups excluding carboxylic acids is 1. The maximum Gasteiger partial charge on any atom is 0.251 e. The molecular weight excluding hydrogens is 196 g/mol. The van der Waals surface area contributed by atoms with E-state index in [2.05, 4.69) is 15.3 Å². The molecule has 0 aliphatic rings. The van der Waals surface area contributed by atoms with Crippen molar-refractivity contribution in [3.05, 3.63) is 34.2 Å². The standard InChI is InChI=1S/C9H10N4O2/c1-2-11-9(15)6-3-4-8(14)7(5-6)12-13-10/h3-5,14H,2H2,1H3,(H,11,15). The Labute approximate surface area is 86.2 Å². The van der Waals surface area contributed by atoms with Crippen LogP contribution in [0.3, 0.4) is 0 Å². The fraction of sp³-hybridized carbons (Fsp3) is 0.222. The van der Waals surface area contributed by atoms with Gasteiger partial charge in [-0.3, -0.25) is 4.79 Å². The first-order valence-corrected chi connectivity index (χ1v) is 4.35. The number of hydrogen-bond donors (Lipinski definition) is 2. The van der Waals surface area contributed by atoms with Crippen molar-refractivity contribution in [1.82, 2.24) is 5.32 Å². The van der Waals surface area contributed by atoms with Gasteiger partial charge in [0.15, 0.2) is 0 Å². The van der Waals surface area contributed by atoms with E-state index in [4.69, 9.17) is 5.53 Å². The number of rotatable bonds is 3. The average Bonchev–Trinajstić information content (AvgIpc) is 2.22. The number of amides is 1. The van der Waals surface area contributed by atoms with Crippen LogP contribution in [0.2, 0.25) is 0 Å². The van der Waals surface area contributed by atoms with Crippen LogP contribution >= 0.6 is 0 Å². The molecule has 78 valence electrons. The summed E-state index contributed by atoms with van der Waals surface area (Å²) in [6.07, 6.45) is 0. The minimum atomic E-state index is -0.271. The van der Waals surface area contributed by atoms with E-state index >= 15 is 0 Å². The molecule has 0 saturated carbocycles. The maximum atomic E-state index is 11.4. The second-order valence-corrected chi connectivity index (χ2v) is 2.75. The molecule has 1 rings (SSSR count). The van der Waals surface area contributed by atoms with Gasteiger partial charge in [0.1, 0.15) is 5.75 Å². The van der Waals surface area contributed by atoms with Gasteiger partial charge in [-0.05, 0) is 30.7 Å². The molecule has 0 heterocycles. The van der Waals surface area contributed by atoms with Crippen LogP contribution in [0, 0.1) is 0 Å². The van der Waals surface area contributed by atoms with Crippen LogP contribution in [0.5, 0.6) is 5.75 Å². The van der Waals surface area contributed by atoms with Crippen molar-refractivity contribution in [2.24, 2.45) is 5.11 Å². The van der Waals surface area contributed by atoms with Gasteiger partial charge in [0.2, 0.25) is 0 Å². The summed E-state index contributed by atoms with van der Waals surface area (Å²) in [5.41, 5.74) is 8.61. The van der Waals surface area contributed by atoms with Gasteiger partial charge < -0.3 is 10.4 Å². The highest BCUT2D eigenvalue weighted by atomic mass is 16.3. The van der Waals surface area contributed by atoms with Crippen LogP contribution in [0.15, 0.2) is 23.3 Å². The Bertz CT molecular complexity index is 424. The van der Waals surface area contributed by atoms with Crippen molar-refractivity contribution in [3.63, 3.8) is 0 Å². The molecule has 6 nitrogen and oxygen atoms in total. The van der Waals surface area contributed by atoms with Gasteiger partial charge in [0.25, 0.3) is 5.91 Å². The second kappa shape index (κ2) is 4.88. The van der Waals surface area contributed by atoms with E-state index < -0.39 is 0 Å². The third-order valence-electron chi connectivity index (χ3n) is 1.73. The van der Waals surface area contributed by atoms with E-state index in [0.29, 0.717) is 12.1 Å². The molecule has 1 aromatic rings. The molecule has 0 aromatic heterocycles. The van der Waals surface area contributed by atoms with Crippen molar-refractivity contribution in [2.75, 3.05) is 6.54 Å². The molecule has 0 aliphatic heterocycles. The minimum absolute atomic E-state index is 0.0428.